The van der Waals surface area contributed by atoms with Crippen LogP contribution in [0.5, 0.6) is 0 Å². The third kappa shape index (κ3) is 3.35. The van der Waals surface area contributed by atoms with Gasteiger partial charge in [-0.3, -0.25) is 4.79 Å². The van der Waals surface area contributed by atoms with E-state index in [0.29, 0.717) is 18.2 Å². The minimum absolute atomic E-state index is 0.134. The molecule has 0 aliphatic rings. The van der Waals surface area contributed by atoms with Crippen molar-refractivity contribution < 1.29 is 27.5 Å². The van der Waals surface area contributed by atoms with Gasteiger partial charge in [0.1, 0.15) is 5.82 Å². The third-order valence-electron chi connectivity index (χ3n) is 2.39. The molecule has 0 heterocycles. The summed E-state index contributed by atoms with van der Waals surface area (Å²) in [4.78, 5) is 10.9. The summed E-state index contributed by atoms with van der Waals surface area (Å²) in [5, 5.41) is 8.89. The Morgan fingerprint density at radius 1 is 1.39 bits per heavy atom. The van der Waals surface area contributed by atoms with Gasteiger partial charge in [-0.2, -0.15) is 13.2 Å². The SMILES string of the molecule is O=C(O)C(CCCl)c1cc(F)ccc1C(F)(F)F. The average molecular weight is 285 g/mol. The summed E-state index contributed by atoms with van der Waals surface area (Å²) in [5.41, 5.74) is -1.75. The maximum Gasteiger partial charge on any atom is 0.416 e. The number of hydrogen-bond acceptors (Lipinski definition) is 1. The number of carboxylic acids is 1. The monoisotopic (exact) mass is 284 g/mol. The molecule has 0 saturated heterocycles. The van der Waals surface area contributed by atoms with Crippen molar-refractivity contribution in [1.29, 1.82) is 0 Å². The highest BCUT2D eigenvalue weighted by Crippen LogP contribution is 2.36. The summed E-state index contributed by atoms with van der Waals surface area (Å²) >= 11 is 5.36. The lowest BCUT2D eigenvalue weighted by Gasteiger charge is -2.17. The van der Waals surface area contributed by atoms with E-state index in [0.717, 1.165) is 0 Å². The molecule has 0 amide bonds. The maximum atomic E-state index is 13.0. The van der Waals surface area contributed by atoms with Gasteiger partial charge in [-0.25, -0.2) is 4.39 Å². The molecule has 18 heavy (non-hydrogen) atoms. The molecule has 0 aliphatic carbocycles. The molecule has 1 unspecified atom stereocenters. The van der Waals surface area contributed by atoms with Crippen LogP contribution in [0.1, 0.15) is 23.5 Å². The molecule has 0 radical (unpaired) electrons. The molecular formula is C11H9ClF4O2. The third-order valence-corrected chi connectivity index (χ3v) is 2.61. The predicted molar refractivity (Wildman–Crippen MR) is 57.1 cm³/mol. The van der Waals surface area contributed by atoms with Crippen LogP contribution in [-0.2, 0) is 11.0 Å². The Kier molecular flexibility index (Phi) is 4.56. The zero-order valence-corrected chi connectivity index (χ0v) is 9.72. The normalized spacial score (nSPS) is 13.4. The van der Waals surface area contributed by atoms with E-state index < -0.39 is 35.0 Å². The van der Waals surface area contributed by atoms with Gasteiger partial charge in [0.15, 0.2) is 0 Å². The van der Waals surface area contributed by atoms with Crippen molar-refractivity contribution in [2.45, 2.75) is 18.5 Å². The molecule has 1 atom stereocenters. The quantitative estimate of drug-likeness (QED) is 0.677. The highest BCUT2D eigenvalue weighted by atomic mass is 35.5. The second kappa shape index (κ2) is 5.56. The van der Waals surface area contributed by atoms with Gasteiger partial charge < -0.3 is 5.11 Å². The van der Waals surface area contributed by atoms with Crippen LogP contribution in [0.25, 0.3) is 0 Å². The van der Waals surface area contributed by atoms with Crippen LogP contribution in [0.2, 0.25) is 0 Å². The topological polar surface area (TPSA) is 37.3 Å². The molecule has 7 heteroatoms. The van der Waals surface area contributed by atoms with Crippen molar-refractivity contribution in [3.8, 4) is 0 Å². The van der Waals surface area contributed by atoms with Crippen LogP contribution in [0.3, 0.4) is 0 Å². The van der Waals surface area contributed by atoms with Gasteiger partial charge in [0.05, 0.1) is 11.5 Å². The van der Waals surface area contributed by atoms with Crippen LogP contribution in [0.15, 0.2) is 18.2 Å². The maximum absolute atomic E-state index is 13.0. The summed E-state index contributed by atoms with van der Waals surface area (Å²) in [6.07, 6.45) is -4.94. The van der Waals surface area contributed by atoms with Crippen LogP contribution >= 0.6 is 11.6 Å². The van der Waals surface area contributed by atoms with Crippen molar-refractivity contribution in [2.75, 3.05) is 5.88 Å². The standard InChI is InChI=1S/C11H9ClF4O2/c12-4-3-7(10(17)18)8-5-6(13)1-2-9(8)11(14,15)16/h1-2,5,7H,3-4H2,(H,17,18). The molecule has 0 saturated carbocycles. The Morgan fingerprint density at radius 2 is 2.00 bits per heavy atom. The molecule has 0 spiro atoms. The summed E-state index contributed by atoms with van der Waals surface area (Å²) in [6, 6.07) is 1.77. The number of alkyl halides is 4. The summed E-state index contributed by atoms with van der Waals surface area (Å²) in [5.74, 6) is -3.99. The predicted octanol–water partition coefficient (Wildman–Crippen LogP) is 3.64. The largest absolute Gasteiger partial charge is 0.481 e. The van der Waals surface area contributed by atoms with E-state index in [1.54, 1.807) is 0 Å². The highest BCUT2D eigenvalue weighted by molar-refractivity contribution is 6.18. The van der Waals surface area contributed by atoms with Crippen LogP contribution in [0.4, 0.5) is 17.6 Å². The summed E-state index contributed by atoms with van der Waals surface area (Å²) in [6.45, 7) is 0. The average Bonchev–Trinajstić information content (AvgIpc) is 2.23. The van der Waals surface area contributed by atoms with Gasteiger partial charge in [0.2, 0.25) is 0 Å². The molecule has 2 nitrogen and oxygen atoms in total. The van der Waals surface area contributed by atoms with Crippen molar-refractivity contribution >= 4 is 17.6 Å². The minimum Gasteiger partial charge on any atom is -0.481 e. The first kappa shape index (κ1) is 14.8. The van der Waals surface area contributed by atoms with Gasteiger partial charge in [-0.05, 0) is 30.2 Å². The van der Waals surface area contributed by atoms with Crippen molar-refractivity contribution in [3.63, 3.8) is 0 Å². The number of halogens is 5. The summed E-state index contributed by atoms with van der Waals surface area (Å²) in [7, 11) is 0. The molecule has 0 aliphatic heterocycles. The number of rotatable bonds is 4. The Labute approximate surface area is 105 Å². The van der Waals surface area contributed by atoms with E-state index in [4.69, 9.17) is 16.7 Å². The van der Waals surface area contributed by atoms with Crippen molar-refractivity contribution in [3.05, 3.63) is 35.1 Å². The lowest BCUT2D eigenvalue weighted by molar-refractivity contribution is -0.141. The van der Waals surface area contributed by atoms with E-state index in [2.05, 4.69) is 0 Å². The fourth-order valence-electron chi connectivity index (χ4n) is 1.60. The molecule has 0 aromatic heterocycles. The van der Waals surface area contributed by atoms with Crippen LogP contribution < -0.4 is 0 Å². The zero-order chi connectivity index (χ0) is 13.9. The van der Waals surface area contributed by atoms with E-state index in [1.807, 2.05) is 0 Å². The van der Waals surface area contributed by atoms with E-state index >= 15 is 0 Å². The van der Waals surface area contributed by atoms with Crippen molar-refractivity contribution in [2.24, 2.45) is 0 Å². The minimum atomic E-state index is -4.73. The molecule has 0 bridgehead atoms. The highest BCUT2D eigenvalue weighted by Gasteiger charge is 2.37. The van der Waals surface area contributed by atoms with Gasteiger partial charge >= 0.3 is 12.1 Å². The number of aliphatic carboxylic acids is 1. The number of carboxylic acid groups (broad SMARTS) is 1. The molecule has 1 N–H and O–H groups in total. The number of carbonyl (C=O) groups is 1. The smallest absolute Gasteiger partial charge is 0.416 e. The Hall–Kier alpha value is -1.30. The van der Waals surface area contributed by atoms with Crippen molar-refractivity contribution in [1.82, 2.24) is 0 Å². The van der Waals surface area contributed by atoms with E-state index in [-0.39, 0.29) is 12.3 Å². The Morgan fingerprint density at radius 3 is 2.44 bits per heavy atom. The van der Waals surface area contributed by atoms with Crippen LogP contribution in [-0.4, -0.2) is 17.0 Å². The molecular weight excluding hydrogens is 276 g/mol. The van der Waals surface area contributed by atoms with Gasteiger partial charge in [0.25, 0.3) is 0 Å². The Bertz CT molecular complexity index is 445. The summed E-state index contributed by atoms with van der Waals surface area (Å²) < 4.78 is 51.1. The molecule has 1 rings (SSSR count). The second-order valence-corrected chi connectivity index (χ2v) is 3.98. The molecule has 0 fully saturated rings. The fraction of sp³-hybridized carbons (Fsp3) is 0.364. The Balaban J connectivity index is 3.35. The van der Waals surface area contributed by atoms with Gasteiger partial charge in [-0.15, -0.1) is 11.6 Å². The first-order valence-corrected chi connectivity index (χ1v) is 5.46. The van der Waals surface area contributed by atoms with Gasteiger partial charge in [-0.1, -0.05) is 0 Å². The first-order chi connectivity index (χ1) is 8.27. The lowest BCUT2D eigenvalue weighted by Crippen LogP contribution is -2.18. The second-order valence-electron chi connectivity index (χ2n) is 3.60. The van der Waals surface area contributed by atoms with E-state index in [9.17, 15) is 22.4 Å². The number of hydrogen-bond donors (Lipinski definition) is 1. The van der Waals surface area contributed by atoms with Crippen LogP contribution in [0, 0.1) is 5.82 Å². The molecule has 100 valence electrons. The lowest BCUT2D eigenvalue weighted by atomic mass is 9.91. The van der Waals surface area contributed by atoms with Gasteiger partial charge in [0, 0.05) is 5.88 Å². The van der Waals surface area contributed by atoms with E-state index in [1.165, 1.54) is 0 Å². The fourth-order valence-corrected chi connectivity index (χ4v) is 1.82. The number of benzene rings is 1. The molecule has 1 aromatic carbocycles. The zero-order valence-electron chi connectivity index (χ0n) is 8.97. The first-order valence-electron chi connectivity index (χ1n) is 4.92. The molecule has 1 aromatic rings.